The number of fused-ring (bicyclic) bond motifs is 1. The van der Waals surface area contributed by atoms with Crippen LogP contribution in [0.4, 0.5) is 4.39 Å². The van der Waals surface area contributed by atoms with E-state index in [0.29, 0.717) is 5.92 Å². The molecule has 0 aliphatic carbocycles. The third-order valence-electron chi connectivity index (χ3n) is 3.75. The van der Waals surface area contributed by atoms with E-state index in [9.17, 15) is 4.39 Å². The lowest BCUT2D eigenvalue weighted by atomic mass is 9.86. The average Bonchev–Trinajstić information content (AvgIpc) is 2.65. The monoisotopic (exact) mass is 236 g/mol. The van der Waals surface area contributed by atoms with E-state index >= 15 is 0 Å². The Morgan fingerprint density at radius 3 is 2.88 bits per heavy atom. The van der Waals surface area contributed by atoms with Crippen molar-refractivity contribution in [3.8, 4) is 5.75 Å². The molecule has 0 spiro atoms. The topological polar surface area (TPSA) is 24.5 Å². The Bertz CT molecular complexity index is 418. The molecule has 0 aromatic heterocycles. The molecule has 0 saturated carbocycles. The molecule has 1 aromatic rings. The fraction of sp³-hybridized carbons (Fsp3) is 0.538. The van der Waals surface area contributed by atoms with Gasteiger partial charge in [-0.25, -0.2) is 4.39 Å². The van der Waals surface area contributed by atoms with E-state index in [0.717, 1.165) is 37.2 Å². The van der Waals surface area contributed by atoms with Gasteiger partial charge in [0.25, 0.3) is 0 Å². The SMILES string of the molecule is CN1Oc2ccc(F)cc2C1C1CCNCC1. The van der Waals surface area contributed by atoms with Crippen LogP contribution in [0.15, 0.2) is 18.2 Å². The van der Waals surface area contributed by atoms with Gasteiger partial charge < -0.3 is 10.2 Å². The first-order valence-corrected chi connectivity index (χ1v) is 6.16. The summed E-state index contributed by atoms with van der Waals surface area (Å²) >= 11 is 0. The van der Waals surface area contributed by atoms with Gasteiger partial charge in [0.15, 0.2) is 5.75 Å². The largest absolute Gasteiger partial charge is 0.405 e. The lowest BCUT2D eigenvalue weighted by Gasteiger charge is -2.30. The highest BCUT2D eigenvalue weighted by atomic mass is 19.1. The third kappa shape index (κ3) is 1.91. The van der Waals surface area contributed by atoms with Gasteiger partial charge in [0.2, 0.25) is 0 Å². The van der Waals surface area contributed by atoms with Crippen LogP contribution in [0.2, 0.25) is 0 Å². The maximum Gasteiger partial charge on any atom is 0.152 e. The summed E-state index contributed by atoms with van der Waals surface area (Å²) in [6.07, 6.45) is 2.24. The van der Waals surface area contributed by atoms with Gasteiger partial charge in [-0.2, -0.15) is 0 Å². The Balaban J connectivity index is 1.92. The van der Waals surface area contributed by atoms with E-state index in [-0.39, 0.29) is 11.9 Å². The molecule has 1 saturated heterocycles. The fourth-order valence-corrected chi connectivity index (χ4v) is 2.95. The van der Waals surface area contributed by atoms with Crippen LogP contribution in [-0.4, -0.2) is 25.2 Å². The molecular formula is C13H17FN2O. The second-order valence-electron chi connectivity index (χ2n) is 4.85. The number of hydrogen-bond donors (Lipinski definition) is 1. The lowest BCUT2D eigenvalue weighted by molar-refractivity contribution is -0.0660. The van der Waals surface area contributed by atoms with Gasteiger partial charge >= 0.3 is 0 Å². The van der Waals surface area contributed by atoms with Crippen LogP contribution in [0.5, 0.6) is 5.75 Å². The number of hydrogen-bond acceptors (Lipinski definition) is 3. The molecule has 1 aromatic carbocycles. The molecule has 0 bridgehead atoms. The Hall–Kier alpha value is -1.13. The predicted molar refractivity (Wildman–Crippen MR) is 63.1 cm³/mol. The first kappa shape index (κ1) is 11.0. The maximum atomic E-state index is 13.3. The van der Waals surface area contributed by atoms with Crippen molar-refractivity contribution in [2.45, 2.75) is 18.9 Å². The van der Waals surface area contributed by atoms with E-state index in [2.05, 4.69) is 5.32 Å². The molecule has 4 heteroatoms. The zero-order chi connectivity index (χ0) is 11.8. The molecule has 0 radical (unpaired) electrons. The molecule has 1 N–H and O–H groups in total. The summed E-state index contributed by atoms with van der Waals surface area (Å²) < 4.78 is 13.3. The van der Waals surface area contributed by atoms with Crippen molar-refractivity contribution in [1.29, 1.82) is 0 Å². The molecule has 1 atom stereocenters. The van der Waals surface area contributed by atoms with E-state index in [1.807, 2.05) is 12.1 Å². The number of nitrogens with zero attached hydrogens (tertiary/aromatic N) is 1. The van der Waals surface area contributed by atoms with Gasteiger partial charge in [0, 0.05) is 12.6 Å². The van der Waals surface area contributed by atoms with Crippen LogP contribution in [-0.2, 0) is 0 Å². The van der Waals surface area contributed by atoms with Crippen molar-refractivity contribution in [2.24, 2.45) is 5.92 Å². The standard InChI is InChI=1S/C13H17FN2O/c1-16-13(9-4-6-15-7-5-9)11-8-10(14)2-3-12(11)17-16/h2-3,8-9,13,15H,4-7H2,1H3. The van der Waals surface area contributed by atoms with Gasteiger partial charge in [-0.3, -0.25) is 0 Å². The van der Waals surface area contributed by atoms with Gasteiger partial charge in [0.05, 0.1) is 6.04 Å². The lowest BCUT2D eigenvalue weighted by Crippen LogP contribution is -2.35. The minimum atomic E-state index is -0.179. The van der Waals surface area contributed by atoms with Crippen molar-refractivity contribution in [2.75, 3.05) is 20.1 Å². The average molecular weight is 236 g/mol. The number of nitrogens with one attached hydrogen (secondary N) is 1. The summed E-state index contributed by atoms with van der Waals surface area (Å²) in [6.45, 7) is 2.08. The molecule has 1 fully saturated rings. The van der Waals surface area contributed by atoms with E-state index in [1.54, 1.807) is 12.1 Å². The quantitative estimate of drug-likeness (QED) is 0.808. The summed E-state index contributed by atoms with van der Waals surface area (Å²) in [7, 11) is 1.94. The van der Waals surface area contributed by atoms with E-state index in [1.165, 1.54) is 6.07 Å². The van der Waals surface area contributed by atoms with Crippen LogP contribution in [0.3, 0.4) is 0 Å². The second-order valence-corrected chi connectivity index (χ2v) is 4.85. The van der Waals surface area contributed by atoms with Gasteiger partial charge in [-0.05, 0) is 50.0 Å². The van der Waals surface area contributed by atoms with Crippen molar-refractivity contribution < 1.29 is 9.23 Å². The van der Waals surface area contributed by atoms with Crippen LogP contribution in [0.1, 0.15) is 24.4 Å². The van der Waals surface area contributed by atoms with Crippen molar-refractivity contribution in [3.63, 3.8) is 0 Å². The highest BCUT2D eigenvalue weighted by Gasteiger charge is 2.36. The summed E-state index contributed by atoms with van der Waals surface area (Å²) in [6, 6.07) is 4.99. The number of hydroxylamine groups is 2. The zero-order valence-electron chi connectivity index (χ0n) is 9.95. The Morgan fingerprint density at radius 1 is 1.35 bits per heavy atom. The smallest absolute Gasteiger partial charge is 0.152 e. The van der Waals surface area contributed by atoms with Crippen LogP contribution < -0.4 is 10.2 Å². The summed E-state index contributed by atoms with van der Waals surface area (Å²) in [5.41, 5.74) is 0.999. The van der Waals surface area contributed by atoms with Crippen LogP contribution in [0.25, 0.3) is 0 Å². The van der Waals surface area contributed by atoms with E-state index < -0.39 is 0 Å². The Morgan fingerprint density at radius 2 is 2.12 bits per heavy atom. The Labute approximate surface area is 101 Å². The van der Waals surface area contributed by atoms with Gasteiger partial charge in [-0.15, -0.1) is 5.06 Å². The van der Waals surface area contributed by atoms with Crippen molar-refractivity contribution in [1.82, 2.24) is 10.4 Å². The molecular weight excluding hydrogens is 219 g/mol. The Kier molecular flexibility index (Phi) is 2.76. The van der Waals surface area contributed by atoms with Gasteiger partial charge in [0.1, 0.15) is 5.82 Å². The zero-order valence-corrected chi connectivity index (χ0v) is 9.95. The molecule has 3 rings (SSSR count). The first-order chi connectivity index (χ1) is 8.25. The molecule has 2 heterocycles. The van der Waals surface area contributed by atoms with Crippen molar-refractivity contribution in [3.05, 3.63) is 29.6 Å². The highest BCUT2D eigenvalue weighted by Crippen LogP contribution is 2.43. The number of benzene rings is 1. The highest BCUT2D eigenvalue weighted by molar-refractivity contribution is 5.39. The second kappa shape index (κ2) is 4.27. The minimum Gasteiger partial charge on any atom is -0.405 e. The molecule has 92 valence electrons. The molecule has 2 aliphatic rings. The molecule has 1 unspecified atom stereocenters. The van der Waals surface area contributed by atoms with Crippen LogP contribution in [0, 0.1) is 11.7 Å². The summed E-state index contributed by atoms with van der Waals surface area (Å²) in [5.74, 6) is 1.17. The van der Waals surface area contributed by atoms with E-state index in [4.69, 9.17) is 4.84 Å². The van der Waals surface area contributed by atoms with Crippen molar-refractivity contribution >= 4 is 0 Å². The summed E-state index contributed by atoms with van der Waals surface area (Å²) in [5, 5.41) is 5.23. The molecule has 0 amide bonds. The molecule has 2 aliphatic heterocycles. The maximum absolute atomic E-state index is 13.3. The fourth-order valence-electron chi connectivity index (χ4n) is 2.95. The summed E-state index contributed by atoms with van der Waals surface area (Å²) in [4.78, 5) is 5.67. The number of rotatable bonds is 1. The number of piperidine rings is 1. The molecule has 17 heavy (non-hydrogen) atoms. The predicted octanol–water partition coefficient (Wildman–Crippen LogP) is 2.11. The van der Waals surface area contributed by atoms with Gasteiger partial charge in [-0.1, -0.05) is 0 Å². The first-order valence-electron chi connectivity index (χ1n) is 6.16. The minimum absolute atomic E-state index is 0.179. The van der Waals surface area contributed by atoms with Crippen LogP contribution >= 0.6 is 0 Å². The third-order valence-corrected chi connectivity index (χ3v) is 3.75. The molecule has 3 nitrogen and oxygen atoms in total. The normalized spacial score (nSPS) is 25.6. The number of halogens is 1.